The van der Waals surface area contributed by atoms with E-state index in [-0.39, 0.29) is 12.3 Å². The van der Waals surface area contributed by atoms with Gasteiger partial charge < -0.3 is 14.8 Å². The third-order valence-electron chi connectivity index (χ3n) is 3.52. The van der Waals surface area contributed by atoms with Crippen LogP contribution in [0.25, 0.3) is 0 Å². The zero-order valence-electron chi connectivity index (χ0n) is 13.0. The summed E-state index contributed by atoms with van der Waals surface area (Å²) in [7, 11) is 3.12. The number of carbonyl (C=O) groups is 3. The number of hydrazine groups is 1. The minimum Gasteiger partial charge on any atom is -0.493 e. The number of benzene rings is 1. The lowest BCUT2D eigenvalue weighted by molar-refractivity contribution is -0.133. The Morgan fingerprint density at radius 1 is 1.13 bits per heavy atom. The number of ether oxygens (including phenoxy) is 2. The first kappa shape index (κ1) is 16.6. The molecule has 1 aromatic rings. The van der Waals surface area contributed by atoms with Gasteiger partial charge in [0.05, 0.1) is 14.2 Å². The summed E-state index contributed by atoms with van der Waals surface area (Å²) in [5.41, 5.74) is 5.34. The van der Waals surface area contributed by atoms with Gasteiger partial charge in [-0.2, -0.15) is 0 Å². The van der Waals surface area contributed by atoms with Crippen molar-refractivity contribution in [2.45, 2.75) is 12.8 Å². The lowest BCUT2D eigenvalue weighted by Crippen LogP contribution is -2.31. The van der Waals surface area contributed by atoms with Gasteiger partial charge in [-0.3, -0.25) is 25.2 Å². The van der Waals surface area contributed by atoms with Crippen molar-refractivity contribution in [3.63, 3.8) is 0 Å². The molecule has 1 heterocycles. The Bertz CT molecular complexity index is 601. The summed E-state index contributed by atoms with van der Waals surface area (Å²) in [6.07, 6.45) is 0.429. The minimum absolute atomic E-state index is 0.163. The summed E-state index contributed by atoms with van der Waals surface area (Å²) >= 11 is 0. The third kappa shape index (κ3) is 4.12. The van der Waals surface area contributed by atoms with Gasteiger partial charge in [0.15, 0.2) is 11.5 Å². The van der Waals surface area contributed by atoms with Crippen molar-refractivity contribution in [3.05, 3.63) is 23.8 Å². The van der Waals surface area contributed by atoms with Crippen LogP contribution < -0.4 is 25.6 Å². The molecule has 0 saturated carbocycles. The molecule has 0 aromatic heterocycles. The molecule has 1 aliphatic rings. The smallest absolute Gasteiger partial charge is 0.251 e. The van der Waals surface area contributed by atoms with Crippen molar-refractivity contribution in [2.24, 2.45) is 5.92 Å². The zero-order chi connectivity index (χ0) is 16.8. The van der Waals surface area contributed by atoms with Gasteiger partial charge in [0.2, 0.25) is 5.91 Å². The average molecular weight is 321 g/mol. The molecule has 1 aromatic carbocycles. The van der Waals surface area contributed by atoms with Crippen LogP contribution >= 0.6 is 0 Å². The summed E-state index contributed by atoms with van der Waals surface area (Å²) in [5.74, 6) is -1.01. The van der Waals surface area contributed by atoms with Crippen LogP contribution in [0.15, 0.2) is 18.2 Å². The maximum absolute atomic E-state index is 11.8. The van der Waals surface area contributed by atoms with Gasteiger partial charge >= 0.3 is 0 Å². The predicted molar refractivity (Wildman–Crippen MR) is 80.7 cm³/mol. The molecule has 0 aliphatic carbocycles. The van der Waals surface area contributed by atoms with Gasteiger partial charge in [-0.25, -0.2) is 0 Å². The fourth-order valence-corrected chi connectivity index (χ4v) is 2.24. The van der Waals surface area contributed by atoms with E-state index in [9.17, 15) is 14.4 Å². The number of amides is 3. The van der Waals surface area contributed by atoms with Crippen LogP contribution in [0.4, 0.5) is 0 Å². The van der Waals surface area contributed by atoms with Crippen molar-refractivity contribution in [3.8, 4) is 11.5 Å². The Morgan fingerprint density at radius 3 is 2.39 bits per heavy atom. The van der Waals surface area contributed by atoms with E-state index in [1.165, 1.54) is 0 Å². The summed E-state index contributed by atoms with van der Waals surface area (Å²) in [5, 5.41) is 2.69. The molecule has 0 atom stereocenters. The number of rotatable bonds is 7. The molecule has 0 spiro atoms. The highest BCUT2D eigenvalue weighted by atomic mass is 16.5. The SMILES string of the molecule is COc1ccc(CCNC(=O)CC2C(=O)NNC2=O)cc1OC. The fraction of sp³-hybridized carbons (Fsp3) is 0.400. The zero-order valence-corrected chi connectivity index (χ0v) is 13.0. The summed E-state index contributed by atoms with van der Waals surface area (Å²) < 4.78 is 10.4. The van der Waals surface area contributed by atoms with Crippen molar-refractivity contribution >= 4 is 17.7 Å². The quantitative estimate of drug-likeness (QED) is 0.589. The van der Waals surface area contributed by atoms with Crippen molar-refractivity contribution in [1.29, 1.82) is 0 Å². The molecule has 1 aliphatic heterocycles. The van der Waals surface area contributed by atoms with E-state index in [1.807, 2.05) is 12.1 Å². The van der Waals surface area contributed by atoms with Crippen LogP contribution in [0.3, 0.4) is 0 Å². The number of methoxy groups -OCH3 is 2. The Hall–Kier alpha value is -2.77. The van der Waals surface area contributed by atoms with Gasteiger partial charge in [0, 0.05) is 13.0 Å². The van der Waals surface area contributed by atoms with E-state index in [0.29, 0.717) is 24.5 Å². The highest BCUT2D eigenvalue weighted by molar-refractivity contribution is 6.07. The lowest BCUT2D eigenvalue weighted by atomic mass is 10.1. The number of carbonyl (C=O) groups excluding carboxylic acids is 3. The van der Waals surface area contributed by atoms with E-state index < -0.39 is 17.7 Å². The summed E-state index contributed by atoms with van der Waals surface area (Å²) in [6.45, 7) is 0.393. The Morgan fingerprint density at radius 2 is 1.78 bits per heavy atom. The topological polar surface area (TPSA) is 106 Å². The van der Waals surface area contributed by atoms with Crippen LogP contribution in [0, 0.1) is 5.92 Å². The molecule has 0 bridgehead atoms. The van der Waals surface area contributed by atoms with Crippen molar-refractivity contribution in [1.82, 2.24) is 16.2 Å². The molecule has 8 heteroatoms. The Kier molecular flexibility index (Phi) is 5.40. The van der Waals surface area contributed by atoms with Crippen molar-refractivity contribution < 1.29 is 23.9 Å². The highest BCUT2D eigenvalue weighted by Crippen LogP contribution is 2.27. The molecule has 2 rings (SSSR count). The summed E-state index contributed by atoms with van der Waals surface area (Å²) in [6, 6.07) is 5.51. The first-order valence-electron chi connectivity index (χ1n) is 7.12. The number of nitrogens with one attached hydrogen (secondary N) is 3. The van der Waals surface area contributed by atoms with Gasteiger partial charge in [0.25, 0.3) is 11.8 Å². The first-order chi connectivity index (χ1) is 11.0. The molecule has 3 amide bonds. The van der Waals surface area contributed by atoms with Gasteiger partial charge in [-0.05, 0) is 24.1 Å². The van der Waals surface area contributed by atoms with E-state index in [4.69, 9.17) is 9.47 Å². The van der Waals surface area contributed by atoms with Crippen LogP contribution in [-0.4, -0.2) is 38.5 Å². The fourth-order valence-electron chi connectivity index (χ4n) is 2.24. The van der Waals surface area contributed by atoms with Gasteiger partial charge in [-0.1, -0.05) is 6.07 Å². The molecule has 124 valence electrons. The normalized spacial score (nSPS) is 14.2. The molecule has 0 unspecified atom stereocenters. The Balaban J connectivity index is 1.81. The molecular formula is C15H19N3O5. The molecule has 23 heavy (non-hydrogen) atoms. The van der Waals surface area contributed by atoms with E-state index in [0.717, 1.165) is 5.56 Å². The van der Waals surface area contributed by atoms with Crippen LogP contribution in [0.5, 0.6) is 11.5 Å². The van der Waals surface area contributed by atoms with Gasteiger partial charge in [0.1, 0.15) is 5.92 Å². The van der Waals surface area contributed by atoms with Crippen LogP contribution in [0.1, 0.15) is 12.0 Å². The number of hydrogen-bond acceptors (Lipinski definition) is 5. The molecule has 1 saturated heterocycles. The predicted octanol–water partition coefficient (Wildman–Crippen LogP) is -0.470. The number of hydrogen-bond donors (Lipinski definition) is 3. The van der Waals surface area contributed by atoms with Crippen LogP contribution in [-0.2, 0) is 20.8 Å². The second kappa shape index (κ2) is 7.48. The second-order valence-electron chi connectivity index (χ2n) is 5.02. The standard InChI is InChI=1S/C15H19N3O5/c1-22-11-4-3-9(7-12(11)23-2)5-6-16-13(19)8-10-14(20)17-18-15(10)21/h3-4,7,10H,5-6,8H2,1-2H3,(H,16,19)(H,17,20)(H,18,21). The molecular weight excluding hydrogens is 302 g/mol. The molecule has 3 N–H and O–H groups in total. The van der Waals surface area contributed by atoms with Crippen LogP contribution in [0.2, 0.25) is 0 Å². The van der Waals surface area contributed by atoms with E-state index >= 15 is 0 Å². The monoisotopic (exact) mass is 321 g/mol. The minimum atomic E-state index is -0.962. The molecule has 1 fully saturated rings. The summed E-state index contributed by atoms with van der Waals surface area (Å²) in [4.78, 5) is 34.5. The van der Waals surface area contributed by atoms with E-state index in [2.05, 4.69) is 16.2 Å². The van der Waals surface area contributed by atoms with Gasteiger partial charge in [-0.15, -0.1) is 0 Å². The molecule has 0 radical (unpaired) electrons. The average Bonchev–Trinajstić information content (AvgIpc) is 2.86. The second-order valence-corrected chi connectivity index (χ2v) is 5.02. The van der Waals surface area contributed by atoms with E-state index in [1.54, 1.807) is 20.3 Å². The maximum atomic E-state index is 11.8. The third-order valence-corrected chi connectivity index (χ3v) is 3.52. The largest absolute Gasteiger partial charge is 0.493 e. The van der Waals surface area contributed by atoms with Crippen molar-refractivity contribution in [2.75, 3.05) is 20.8 Å². The lowest BCUT2D eigenvalue weighted by Gasteiger charge is -2.10. The highest BCUT2D eigenvalue weighted by Gasteiger charge is 2.34. The maximum Gasteiger partial charge on any atom is 0.251 e. The Labute approximate surface area is 133 Å². The molecule has 8 nitrogen and oxygen atoms in total. The first-order valence-corrected chi connectivity index (χ1v) is 7.12.